The minimum atomic E-state index is -4.09. The lowest BCUT2D eigenvalue weighted by Gasteiger charge is -2.25. The Kier molecular flexibility index (Phi) is 6.84. The molecular weight excluding hydrogens is 392 g/mol. The van der Waals surface area contributed by atoms with Gasteiger partial charge in [-0.15, -0.1) is 0 Å². The van der Waals surface area contributed by atoms with Gasteiger partial charge in [0, 0.05) is 11.4 Å². The van der Waals surface area contributed by atoms with Crippen molar-refractivity contribution in [2.45, 2.75) is 34.3 Å². The van der Waals surface area contributed by atoms with Gasteiger partial charge >= 0.3 is 0 Å². The number of nitrogens with one attached hydrogen (secondary N) is 1. The van der Waals surface area contributed by atoms with Gasteiger partial charge in [0.25, 0.3) is 0 Å². The smallest absolute Gasteiger partial charge is 0.225 e. The van der Waals surface area contributed by atoms with Crippen LogP contribution in [0.15, 0.2) is 29.2 Å². The number of halogens is 4. The van der Waals surface area contributed by atoms with Crippen molar-refractivity contribution in [3.63, 3.8) is 0 Å². The van der Waals surface area contributed by atoms with Crippen LogP contribution in [-0.2, 0) is 14.6 Å². The van der Waals surface area contributed by atoms with Crippen molar-refractivity contribution in [1.82, 2.24) is 5.32 Å². The highest BCUT2D eigenvalue weighted by Gasteiger charge is 2.44. The molecule has 1 aromatic rings. The number of hydrogen-bond donors (Lipinski definition) is 1. The monoisotopic (exact) mass is 405 g/mol. The number of benzene rings is 1. The summed E-state index contributed by atoms with van der Waals surface area (Å²) in [6.45, 7) is 3.63. The Hall–Kier alpha value is -0.200. The van der Waals surface area contributed by atoms with Gasteiger partial charge < -0.3 is 5.32 Å². The fraction of sp³-hybridized carbons (Fsp3) is 0.462. The lowest BCUT2D eigenvalue weighted by molar-refractivity contribution is -0.122. The number of carbonyl (C=O) groups excluding carboxylic acids is 1. The van der Waals surface area contributed by atoms with Crippen LogP contribution in [-0.4, -0.2) is 23.5 Å². The highest BCUT2D eigenvalue weighted by atomic mass is 35.6. The molecule has 0 aliphatic rings. The molecule has 9 heteroatoms. The lowest BCUT2D eigenvalue weighted by Crippen LogP contribution is -2.49. The van der Waals surface area contributed by atoms with Gasteiger partial charge in [0.05, 0.1) is 4.90 Å². The van der Waals surface area contributed by atoms with E-state index in [1.165, 1.54) is 24.3 Å². The zero-order valence-electron chi connectivity index (χ0n) is 11.8. The topological polar surface area (TPSA) is 63.2 Å². The summed E-state index contributed by atoms with van der Waals surface area (Å²) in [6.07, 6.45) is 0.118. The van der Waals surface area contributed by atoms with Gasteiger partial charge in [-0.3, -0.25) is 4.79 Å². The van der Waals surface area contributed by atoms with Crippen LogP contribution in [0.3, 0.4) is 0 Å². The first kappa shape index (κ1) is 19.8. The second kappa shape index (κ2) is 7.58. The number of carbonyl (C=O) groups is 1. The molecule has 1 N–H and O–H groups in total. The van der Waals surface area contributed by atoms with E-state index in [-0.39, 0.29) is 17.2 Å². The maximum atomic E-state index is 12.6. The molecule has 0 unspecified atom stereocenters. The molecule has 0 aliphatic carbocycles. The molecule has 0 radical (unpaired) electrons. The predicted molar refractivity (Wildman–Crippen MR) is 90.3 cm³/mol. The summed E-state index contributed by atoms with van der Waals surface area (Å²) in [5, 5.41) is 0.958. The predicted octanol–water partition coefficient (Wildman–Crippen LogP) is 3.97. The Balaban J connectivity index is 3.16. The van der Waals surface area contributed by atoms with E-state index in [1.54, 1.807) is 0 Å². The van der Waals surface area contributed by atoms with Crippen molar-refractivity contribution in [3.8, 4) is 0 Å². The third-order valence-corrected chi connectivity index (χ3v) is 5.95. The molecule has 0 bridgehead atoms. The number of rotatable bonds is 5. The molecule has 0 fully saturated rings. The number of sulfone groups is 1. The first-order valence-corrected chi connectivity index (χ1v) is 9.36. The highest BCUT2D eigenvalue weighted by Crippen LogP contribution is 2.36. The van der Waals surface area contributed by atoms with Crippen LogP contribution in [0.4, 0.5) is 0 Å². The largest absolute Gasteiger partial charge is 0.336 e. The van der Waals surface area contributed by atoms with Crippen LogP contribution in [0.5, 0.6) is 0 Å². The first-order chi connectivity index (χ1) is 9.94. The van der Waals surface area contributed by atoms with Gasteiger partial charge in [-0.05, 0) is 30.2 Å². The summed E-state index contributed by atoms with van der Waals surface area (Å²) < 4.78 is 23.0. The number of amides is 1. The molecule has 22 heavy (non-hydrogen) atoms. The Morgan fingerprint density at radius 3 is 2.09 bits per heavy atom. The van der Waals surface area contributed by atoms with Gasteiger partial charge in [0.1, 0.15) is 0 Å². The minimum Gasteiger partial charge on any atom is -0.336 e. The van der Waals surface area contributed by atoms with Crippen molar-refractivity contribution < 1.29 is 13.2 Å². The Morgan fingerprint density at radius 2 is 1.68 bits per heavy atom. The quantitative estimate of drug-likeness (QED) is 0.752. The maximum absolute atomic E-state index is 12.6. The van der Waals surface area contributed by atoms with Crippen LogP contribution < -0.4 is 5.32 Å². The van der Waals surface area contributed by atoms with Crippen LogP contribution in [0.25, 0.3) is 0 Å². The van der Waals surface area contributed by atoms with Crippen molar-refractivity contribution in [2.24, 2.45) is 5.92 Å². The van der Waals surface area contributed by atoms with E-state index in [2.05, 4.69) is 5.32 Å². The molecule has 1 aromatic carbocycles. The Labute approximate surface area is 150 Å². The summed E-state index contributed by atoms with van der Waals surface area (Å²) >= 11 is 23.0. The van der Waals surface area contributed by atoms with E-state index in [4.69, 9.17) is 46.4 Å². The van der Waals surface area contributed by atoms with Gasteiger partial charge in [-0.2, -0.15) is 0 Å². The fourth-order valence-electron chi connectivity index (χ4n) is 1.67. The van der Waals surface area contributed by atoms with Crippen molar-refractivity contribution in [1.29, 1.82) is 0 Å². The first-order valence-electron chi connectivity index (χ1n) is 6.30. The maximum Gasteiger partial charge on any atom is 0.225 e. The second-order valence-electron chi connectivity index (χ2n) is 5.09. The normalized spacial score (nSPS) is 14.0. The third kappa shape index (κ3) is 5.46. The summed E-state index contributed by atoms with van der Waals surface area (Å²) in [4.78, 5) is 11.8. The van der Waals surface area contributed by atoms with Crippen LogP contribution in [0, 0.1) is 5.92 Å². The molecule has 1 amide bonds. The zero-order chi connectivity index (χ0) is 17.1. The molecule has 0 saturated heterocycles. The molecule has 1 atom stereocenters. The van der Waals surface area contributed by atoms with E-state index in [0.717, 1.165) is 0 Å². The van der Waals surface area contributed by atoms with Crippen LogP contribution in [0.2, 0.25) is 5.02 Å². The molecule has 0 spiro atoms. The van der Waals surface area contributed by atoms with E-state index < -0.39 is 24.9 Å². The number of hydrogen-bond acceptors (Lipinski definition) is 3. The van der Waals surface area contributed by atoms with E-state index in [9.17, 15) is 13.2 Å². The molecular formula is C13H15Cl4NO3S. The molecule has 0 aromatic heterocycles. The molecule has 0 saturated carbocycles. The number of alkyl halides is 3. The van der Waals surface area contributed by atoms with E-state index in [1.807, 2.05) is 13.8 Å². The van der Waals surface area contributed by atoms with Crippen molar-refractivity contribution in [3.05, 3.63) is 29.3 Å². The zero-order valence-corrected chi connectivity index (χ0v) is 15.7. The molecule has 4 nitrogen and oxygen atoms in total. The molecule has 124 valence electrons. The molecule has 0 heterocycles. The van der Waals surface area contributed by atoms with Gasteiger partial charge in [-0.1, -0.05) is 60.3 Å². The van der Waals surface area contributed by atoms with Gasteiger partial charge in [0.2, 0.25) is 19.5 Å². The second-order valence-corrected chi connectivity index (χ2v) is 9.92. The average molecular weight is 407 g/mol. The highest BCUT2D eigenvalue weighted by molar-refractivity contribution is 7.92. The van der Waals surface area contributed by atoms with E-state index >= 15 is 0 Å². The minimum absolute atomic E-state index is 0.0364. The van der Waals surface area contributed by atoms with E-state index in [0.29, 0.717) is 5.02 Å². The summed E-state index contributed by atoms with van der Waals surface area (Å²) in [5.41, 5.74) is 0. The van der Waals surface area contributed by atoms with Crippen LogP contribution >= 0.6 is 46.4 Å². The van der Waals surface area contributed by atoms with Gasteiger partial charge in [0.15, 0.2) is 5.37 Å². The third-order valence-electron chi connectivity index (χ3n) is 2.64. The molecule has 1 rings (SSSR count). The summed E-state index contributed by atoms with van der Waals surface area (Å²) in [7, 11) is -4.09. The van der Waals surface area contributed by atoms with Crippen molar-refractivity contribution in [2.75, 3.05) is 0 Å². The molecule has 0 aliphatic heterocycles. The summed E-state index contributed by atoms with van der Waals surface area (Å²) in [5.74, 6) is -0.474. The summed E-state index contributed by atoms with van der Waals surface area (Å²) in [6, 6.07) is 5.38. The van der Waals surface area contributed by atoms with Crippen molar-refractivity contribution >= 4 is 62.1 Å². The Morgan fingerprint density at radius 1 is 1.18 bits per heavy atom. The lowest BCUT2D eigenvalue weighted by atomic mass is 10.1. The average Bonchev–Trinajstić information content (AvgIpc) is 2.34. The fourth-order valence-corrected chi connectivity index (χ4v) is 4.44. The Bertz CT molecular complexity index is 624. The van der Waals surface area contributed by atoms with Crippen LogP contribution in [0.1, 0.15) is 20.3 Å². The standard InChI is InChI=1S/C13H15Cl4NO3S/c1-8(2)7-11(19)18-12(13(15,16)17)22(20,21)10-5-3-9(14)4-6-10/h3-6,8,12H,7H2,1-2H3,(H,18,19)/t12-/m0/s1. The SMILES string of the molecule is CC(C)CC(=O)N[C@H](C(Cl)(Cl)Cl)S(=O)(=O)c1ccc(Cl)cc1. The van der Waals surface area contributed by atoms with Gasteiger partial charge in [-0.25, -0.2) is 8.42 Å².